The minimum Gasteiger partial charge on any atom is -0.393 e. The Hall–Kier alpha value is -0.360. The number of rotatable bonds is 7. The Kier molecular flexibility index (Phi) is 7.01. The summed E-state index contributed by atoms with van der Waals surface area (Å²) in [5.41, 5.74) is 5.17. The van der Waals surface area contributed by atoms with Crippen LogP contribution in [0, 0.1) is 11.8 Å². The molecule has 0 aromatic rings. The summed E-state index contributed by atoms with van der Waals surface area (Å²) >= 11 is 4.50. The number of hydrogen-bond donors (Lipinski definition) is 1. The van der Waals surface area contributed by atoms with Gasteiger partial charge >= 0.3 is 6.18 Å². The largest absolute Gasteiger partial charge is 0.399 e. The van der Waals surface area contributed by atoms with Crippen molar-refractivity contribution in [1.29, 1.82) is 0 Å². The van der Waals surface area contributed by atoms with Crippen LogP contribution in [0.15, 0.2) is 0 Å². The normalized spacial score (nSPS) is 15.9. The van der Waals surface area contributed by atoms with Crippen molar-refractivity contribution in [3.05, 3.63) is 0 Å². The fourth-order valence-electron chi connectivity index (χ4n) is 1.52. The third kappa shape index (κ3) is 6.21. The highest BCUT2D eigenvalue weighted by molar-refractivity contribution is 7.80. The van der Waals surface area contributed by atoms with Crippen molar-refractivity contribution in [3.8, 4) is 0 Å². The van der Waals surface area contributed by atoms with Gasteiger partial charge in [-0.1, -0.05) is 39.4 Å². The first kappa shape index (κ1) is 16.6. The van der Waals surface area contributed by atoms with E-state index in [-0.39, 0.29) is 6.54 Å². The second-order valence-electron chi connectivity index (χ2n) is 4.36. The molecule has 0 bridgehead atoms. The average molecular weight is 270 g/mol. The van der Waals surface area contributed by atoms with Crippen molar-refractivity contribution in [2.45, 2.75) is 33.4 Å². The van der Waals surface area contributed by atoms with Crippen LogP contribution in [0.3, 0.4) is 0 Å². The van der Waals surface area contributed by atoms with Crippen LogP contribution in [0.1, 0.15) is 27.2 Å². The molecule has 0 amide bonds. The van der Waals surface area contributed by atoms with Crippen molar-refractivity contribution in [3.63, 3.8) is 0 Å². The SMILES string of the molecule is CCC(C)CN(CC)CC(C(N)=S)C(F)(F)F. The Balaban J connectivity index is 4.56. The lowest BCUT2D eigenvalue weighted by molar-refractivity contribution is -0.159. The van der Waals surface area contributed by atoms with Gasteiger partial charge < -0.3 is 10.6 Å². The predicted molar refractivity (Wildman–Crippen MR) is 67.9 cm³/mol. The minimum absolute atomic E-state index is 0.139. The van der Waals surface area contributed by atoms with Gasteiger partial charge in [0.05, 0.1) is 4.99 Å². The molecule has 0 saturated heterocycles. The Morgan fingerprint density at radius 2 is 1.82 bits per heavy atom. The Bertz CT molecular complexity index is 243. The Labute approximate surface area is 106 Å². The third-order valence-electron chi connectivity index (χ3n) is 2.89. The van der Waals surface area contributed by atoms with Crippen molar-refractivity contribution in [1.82, 2.24) is 4.90 Å². The number of halogens is 3. The third-order valence-corrected chi connectivity index (χ3v) is 3.18. The number of alkyl halides is 3. The molecular formula is C11H21F3N2S. The van der Waals surface area contributed by atoms with E-state index < -0.39 is 17.1 Å². The molecule has 0 radical (unpaired) electrons. The zero-order chi connectivity index (χ0) is 13.6. The highest BCUT2D eigenvalue weighted by Crippen LogP contribution is 2.27. The van der Waals surface area contributed by atoms with Crippen LogP contribution in [0.5, 0.6) is 0 Å². The van der Waals surface area contributed by atoms with Gasteiger partial charge in [0.15, 0.2) is 0 Å². The fraction of sp³-hybridized carbons (Fsp3) is 0.909. The Morgan fingerprint density at radius 1 is 1.29 bits per heavy atom. The standard InChI is InChI=1S/C11H21F3N2S/c1-4-8(3)6-16(5-2)7-9(10(15)17)11(12,13)14/h8-9H,4-7H2,1-3H3,(H2,15,17). The van der Waals surface area contributed by atoms with Crippen molar-refractivity contribution < 1.29 is 13.2 Å². The van der Waals surface area contributed by atoms with Gasteiger partial charge in [-0.15, -0.1) is 0 Å². The lowest BCUT2D eigenvalue weighted by Gasteiger charge is -2.29. The van der Waals surface area contributed by atoms with Crippen LogP contribution in [0.4, 0.5) is 13.2 Å². The fourth-order valence-corrected chi connectivity index (χ4v) is 1.72. The summed E-state index contributed by atoms with van der Waals surface area (Å²) in [6.07, 6.45) is -3.41. The van der Waals surface area contributed by atoms with Crippen molar-refractivity contribution >= 4 is 17.2 Å². The van der Waals surface area contributed by atoms with Crippen molar-refractivity contribution in [2.75, 3.05) is 19.6 Å². The van der Waals surface area contributed by atoms with Gasteiger partial charge in [0.25, 0.3) is 0 Å². The lowest BCUT2D eigenvalue weighted by Crippen LogP contribution is -2.44. The van der Waals surface area contributed by atoms with E-state index in [1.54, 1.807) is 4.90 Å². The molecule has 0 aromatic heterocycles. The monoisotopic (exact) mass is 270 g/mol. The molecule has 2 nitrogen and oxygen atoms in total. The molecule has 6 heteroatoms. The number of thiocarbonyl (C=S) groups is 1. The van der Waals surface area contributed by atoms with E-state index in [2.05, 4.69) is 12.2 Å². The molecule has 0 spiro atoms. The smallest absolute Gasteiger partial charge is 0.393 e. The van der Waals surface area contributed by atoms with Gasteiger partial charge in [0.2, 0.25) is 0 Å². The molecule has 0 aromatic carbocycles. The van der Waals surface area contributed by atoms with Gasteiger partial charge in [0.1, 0.15) is 5.92 Å². The molecule has 0 fully saturated rings. The predicted octanol–water partition coefficient (Wildman–Crippen LogP) is 2.82. The second-order valence-corrected chi connectivity index (χ2v) is 4.83. The van der Waals surface area contributed by atoms with E-state index in [9.17, 15) is 13.2 Å². The van der Waals surface area contributed by atoms with Crippen LogP contribution in [-0.4, -0.2) is 35.7 Å². The second kappa shape index (κ2) is 7.16. The summed E-state index contributed by atoms with van der Waals surface area (Å²) in [5.74, 6) is -1.34. The summed E-state index contributed by atoms with van der Waals surface area (Å²) in [5, 5.41) is 0. The van der Waals surface area contributed by atoms with Crippen LogP contribution in [-0.2, 0) is 0 Å². The van der Waals surface area contributed by atoms with Gasteiger partial charge in [-0.25, -0.2) is 0 Å². The molecule has 0 rings (SSSR count). The van der Waals surface area contributed by atoms with E-state index in [1.165, 1.54) is 0 Å². The maximum atomic E-state index is 12.7. The summed E-state index contributed by atoms with van der Waals surface area (Å²) in [6, 6.07) is 0. The molecule has 17 heavy (non-hydrogen) atoms. The summed E-state index contributed by atoms with van der Waals surface area (Å²) in [7, 11) is 0. The topological polar surface area (TPSA) is 29.3 Å². The van der Waals surface area contributed by atoms with E-state index in [4.69, 9.17) is 5.73 Å². The molecule has 0 aliphatic rings. The average Bonchev–Trinajstić information content (AvgIpc) is 2.21. The van der Waals surface area contributed by atoms with E-state index in [1.807, 2.05) is 20.8 Å². The molecule has 0 aliphatic heterocycles. The molecule has 2 unspecified atom stereocenters. The quantitative estimate of drug-likeness (QED) is 0.721. The zero-order valence-electron chi connectivity index (χ0n) is 10.5. The first-order chi connectivity index (χ1) is 7.72. The molecule has 2 N–H and O–H groups in total. The van der Waals surface area contributed by atoms with Gasteiger partial charge in [-0.2, -0.15) is 13.2 Å². The van der Waals surface area contributed by atoms with E-state index >= 15 is 0 Å². The first-order valence-corrected chi connectivity index (χ1v) is 6.21. The number of nitrogens with zero attached hydrogens (tertiary/aromatic N) is 1. The number of nitrogens with two attached hydrogens (primary N) is 1. The van der Waals surface area contributed by atoms with E-state index in [0.717, 1.165) is 6.42 Å². The van der Waals surface area contributed by atoms with Crippen LogP contribution in [0.25, 0.3) is 0 Å². The minimum atomic E-state index is -4.35. The van der Waals surface area contributed by atoms with Crippen LogP contribution < -0.4 is 5.73 Å². The van der Waals surface area contributed by atoms with Crippen LogP contribution in [0.2, 0.25) is 0 Å². The van der Waals surface area contributed by atoms with Crippen molar-refractivity contribution in [2.24, 2.45) is 17.6 Å². The lowest BCUT2D eigenvalue weighted by atomic mass is 10.1. The number of hydrogen-bond acceptors (Lipinski definition) is 2. The van der Waals surface area contributed by atoms with E-state index in [0.29, 0.717) is 19.0 Å². The summed E-state index contributed by atoms with van der Waals surface area (Å²) < 4.78 is 38.1. The molecule has 102 valence electrons. The first-order valence-electron chi connectivity index (χ1n) is 5.80. The maximum absolute atomic E-state index is 12.7. The Morgan fingerprint density at radius 3 is 2.12 bits per heavy atom. The zero-order valence-corrected chi connectivity index (χ0v) is 11.4. The van der Waals surface area contributed by atoms with Gasteiger partial charge in [0, 0.05) is 13.1 Å². The molecule has 2 atom stereocenters. The molecule has 0 saturated carbocycles. The molecule has 0 aliphatic carbocycles. The highest BCUT2D eigenvalue weighted by atomic mass is 32.1. The van der Waals surface area contributed by atoms with Crippen LogP contribution >= 0.6 is 12.2 Å². The molecular weight excluding hydrogens is 249 g/mol. The summed E-state index contributed by atoms with van der Waals surface area (Å²) in [4.78, 5) is 1.28. The highest BCUT2D eigenvalue weighted by Gasteiger charge is 2.42. The van der Waals surface area contributed by atoms with Gasteiger partial charge in [-0.05, 0) is 12.5 Å². The van der Waals surface area contributed by atoms with Gasteiger partial charge in [-0.3, -0.25) is 0 Å². The maximum Gasteiger partial charge on any atom is 0.399 e. The summed E-state index contributed by atoms with van der Waals surface area (Å²) in [6.45, 7) is 6.95. The molecule has 0 heterocycles.